The molecule has 0 aliphatic carbocycles. The van der Waals surface area contributed by atoms with Crippen LogP contribution in [0.5, 0.6) is 5.75 Å². The van der Waals surface area contributed by atoms with Crippen molar-refractivity contribution in [2.75, 3.05) is 19.7 Å². The van der Waals surface area contributed by atoms with Gasteiger partial charge in [-0.05, 0) is 24.6 Å². The molecule has 0 bridgehead atoms. The highest BCUT2D eigenvalue weighted by molar-refractivity contribution is 5.31. The van der Waals surface area contributed by atoms with Crippen LogP contribution < -0.4 is 5.32 Å². The first kappa shape index (κ1) is 9.49. The van der Waals surface area contributed by atoms with Crippen molar-refractivity contribution in [3.63, 3.8) is 0 Å². The number of hydrogen-bond donors (Lipinski definition) is 2. The SMILES string of the molecule is CC1(c2cccc(O)c2)CNCCO1. The summed E-state index contributed by atoms with van der Waals surface area (Å²) in [4.78, 5) is 0. The molecule has 0 amide bonds. The lowest BCUT2D eigenvalue weighted by Gasteiger charge is -2.34. The van der Waals surface area contributed by atoms with E-state index in [1.807, 2.05) is 19.1 Å². The van der Waals surface area contributed by atoms with E-state index in [2.05, 4.69) is 5.32 Å². The van der Waals surface area contributed by atoms with Crippen molar-refractivity contribution in [1.29, 1.82) is 0 Å². The third-order valence-corrected chi connectivity index (χ3v) is 2.62. The van der Waals surface area contributed by atoms with E-state index in [4.69, 9.17) is 4.74 Å². The summed E-state index contributed by atoms with van der Waals surface area (Å²) in [6.07, 6.45) is 0. The predicted octanol–water partition coefficient (Wildman–Crippen LogP) is 1.23. The highest BCUT2D eigenvalue weighted by Crippen LogP contribution is 2.28. The molecule has 76 valence electrons. The van der Waals surface area contributed by atoms with Crippen LogP contribution >= 0.6 is 0 Å². The Balaban J connectivity index is 2.28. The lowest BCUT2D eigenvalue weighted by Crippen LogP contribution is -2.45. The third-order valence-electron chi connectivity index (χ3n) is 2.62. The van der Waals surface area contributed by atoms with Gasteiger partial charge >= 0.3 is 0 Å². The molecule has 1 atom stereocenters. The second-order valence-corrected chi connectivity index (χ2v) is 3.81. The van der Waals surface area contributed by atoms with Gasteiger partial charge in [0.05, 0.1) is 6.61 Å². The first-order chi connectivity index (χ1) is 6.71. The number of rotatable bonds is 1. The van der Waals surface area contributed by atoms with Crippen LogP contribution in [0.25, 0.3) is 0 Å². The predicted molar refractivity (Wildman–Crippen MR) is 54.3 cm³/mol. The van der Waals surface area contributed by atoms with E-state index < -0.39 is 0 Å². The van der Waals surface area contributed by atoms with Gasteiger partial charge in [-0.3, -0.25) is 0 Å². The molecular weight excluding hydrogens is 178 g/mol. The Morgan fingerprint density at radius 3 is 3.00 bits per heavy atom. The fourth-order valence-electron chi connectivity index (χ4n) is 1.75. The average Bonchev–Trinajstić information content (AvgIpc) is 2.19. The highest BCUT2D eigenvalue weighted by atomic mass is 16.5. The Hall–Kier alpha value is -1.06. The second kappa shape index (κ2) is 3.59. The van der Waals surface area contributed by atoms with Gasteiger partial charge < -0.3 is 15.2 Å². The lowest BCUT2D eigenvalue weighted by molar-refractivity contribution is -0.0573. The summed E-state index contributed by atoms with van der Waals surface area (Å²) in [6.45, 7) is 4.44. The van der Waals surface area contributed by atoms with Crippen LogP contribution in [0, 0.1) is 0 Å². The van der Waals surface area contributed by atoms with Crippen LogP contribution in [0.3, 0.4) is 0 Å². The molecule has 1 heterocycles. The molecular formula is C11H15NO2. The Bertz CT molecular complexity index is 319. The van der Waals surface area contributed by atoms with Gasteiger partial charge in [-0.2, -0.15) is 0 Å². The lowest BCUT2D eigenvalue weighted by atomic mass is 9.94. The minimum Gasteiger partial charge on any atom is -0.508 e. The Morgan fingerprint density at radius 1 is 1.50 bits per heavy atom. The van der Waals surface area contributed by atoms with Crippen LogP contribution in [-0.4, -0.2) is 24.8 Å². The maximum absolute atomic E-state index is 9.38. The molecule has 0 radical (unpaired) electrons. The van der Waals surface area contributed by atoms with Gasteiger partial charge in [0.25, 0.3) is 0 Å². The van der Waals surface area contributed by atoms with Crippen LogP contribution in [0.4, 0.5) is 0 Å². The molecule has 1 aromatic carbocycles. The van der Waals surface area contributed by atoms with E-state index in [1.165, 1.54) is 0 Å². The fourth-order valence-corrected chi connectivity index (χ4v) is 1.75. The minimum atomic E-state index is -0.309. The summed E-state index contributed by atoms with van der Waals surface area (Å²) >= 11 is 0. The molecule has 3 nitrogen and oxygen atoms in total. The van der Waals surface area contributed by atoms with E-state index in [0.717, 1.165) is 18.7 Å². The van der Waals surface area contributed by atoms with Crippen LogP contribution in [0.2, 0.25) is 0 Å². The van der Waals surface area contributed by atoms with Crippen LogP contribution in [0.1, 0.15) is 12.5 Å². The number of phenolic OH excluding ortho intramolecular Hbond substituents is 1. The van der Waals surface area contributed by atoms with Crippen molar-refractivity contribution in [3.05, 3.63) is 29.8 Å². The highest BCUT2D eigenvalue weighted by Gasteiger charge is 2.29. The number of ether oxygens (including phenoxy) is 1. The second-order valence-electron chi connectivity index (χ2n) is 3.81. The Labute approximate surface area is 83.7 Å². The molecule has 2 rings (SSSR count). The van der Waals surface area contributed by atoms with Gasteiger partial charge in [0, 0.05) is 13.1 Å². The minimum absolute atomic E-state index is 0.290. The summed E-state index contributed by atoms with van der Waals surface area (Å²) in [5.74, 6) is 0.290. The maximum Gasteiger partial charge on any atom is 0.115 e. The molecule has 1 fully saturated rings. The summed E-state index contributed by atoms with van der Waals surface area (Å²) in [6, 6.07) is 7.25. The molecule has 1 unspecified atom stereocenters. The van der Waals surface area contributed by atoms with E-state index in [1.54, 1.807) is 12.1 Å². The molecule has 1 aliphatic heterocycles. The van der Waals surface area contributed by atoms with Crippen molar-refractivity contribution in [2.45, 2.75) is 12.5 Å². The zero-order valence-electron chi connectivity index (χ0n) is 8.29. The zero-order chi connectivity index (χ0) is 10.0. The van der Waals surface area contributed by atoms with Gasteiger partial charge in [-0.1, -0.05) is 12.1 Å². The van der Waals surface area contributed by atoms with E-state index in [9.17, 15) is 5.11 Å². The van der Waals surface area contributed by atoms with Gasteiger partial charge in [0.2, 0.25) is 0 Å². The number of phenols is 1. The standard InChI is InChI=1S/C11H15NO2/c1-11(8-12-5-6-14-11)9-3-2-4-10(13)7-9/h2-4,7,12-13H,5-6,8H2,1H3. The molecule has 0 saturated carbocycles. The molecule has 2 N–H and O–H groups in total. The first-order valence-electron chi connectivity index (χ1n) is 4.85. The van der Waals surface area contributed by atoms with E-state index in [0.29, 0.717) is 6.61 Å². The van der Waals surface area contributed by atoms with E-state index >= 15 is 0 Å². The maximum atomic E-state index is 9.38. The molecule has 14 heavy (non-hydrogen) atoms. The normalized spacial score (nSPS) is 27.5. The summed E-state index contributed by atoms with van der Waals surface area (Å²) in [7, 11) is 0. The van der Waals surface area contributed by atoms with Crippen molar-refractivity contribution in [1.82, 2.24) is 5.32 Å². The van der Waals surface area contributed by atoms with Gasteiger partial charge in [-0.25, -0.2) is 0 Å². The molecule has 3 heteroatoms. The number of nitrogens with one attached hydrogen (secondary N) is 1. The van der Waals surface area contributed by atoms with Crippen molar-refractivity contribution >= 4 is 0 Å². The summed E-state index contributed by atoms with van der Waals surface area (Å²) in [5, 5.41) is 12.7. The molecule has 0 aromatic heterocycles. The van der Waals surface area contributed by atoms with Crippen LogP contribution in [0.15, 0.2) is 24.3 Å². The number of morpholine rings is 1. The molecule has 1 saturated heterocycles. The fraction of sp³-hybridized carbons (Fsp3) is 0.455. The van der Waals surface area contributed by atoms with Gasteiger partial charge in [0.15, 0.2) is 0 Å². The molecule has 0 spiro atoms. The van der Waals surface area contributed by atoms with Crippen molar-refractivity contribution < 1.29 is 9.84 Å². The average molecular weight is 193 g/mol. The number of hydrogen-bond acceptors (Lipinski definition) is 3. The smallest absolute Gasteiger partial charge is 0.115 e. The van der Waals surface area contributed by atoms with Crippen molar-refractivity contribution in [2.24, 2.45) is 0 Å². The van der Waals surface area contributed by atoms with Gasteiger partial charge in [-0.15, -0.1) is 0 Å². The monoisotopic (exact) mass is 193 g/mol. The third kappa shape index (κ3) is 1.74. The number of aromatic hydroxyl groups is 1. The zero-order valence-corrected chi connectivity index (χ0v) is 8.29. The van der Waals surface area contributed by atoms with E-state index in [-0.39, 0.29) is 11.4 Å². The summed E-state index contributed by atoms with van der Waals surface area (Å²) < 4.78 is 5.73. The van der Waals surface area contributed by atoms with Crippen molar-refractivity contribution in [3.8, 4) is 5.75 Å². The Morgan fingerprint density at radius 2 is 2.36 bits per heavy atom. The number of benzene rings is 1. The summed E-state index contributed by atoms with van der Waals surface area (Å²) in [5.41, 5.74) is 0.710. The quantitative estimate of drug-likeness (QED) is 0.704. The molecule has 1 aliphatic rings. The largest absolute Gasteiger partial charge is 0.508 e. The topological polar surface area (TPSA) is 41.5 Å². The first-order valence-corrected chi connectivity index (χ1v) is 4.85. The van der Waals surface area contributed by atoms with Gasteiger partial charge in [0.1, 0.15) is 11.4 Å². The van der Waals surface area contributed by atoms with Crippen LogP contribution in [-0.2, 0) is 10.3 Å². The Kier molecular flexibility index (Phi) is 2.44. The molecule has 1 aromatic rings.